The number of rotatable bonds is 4. The predicted molar refractivity (Wildman–Crippen MR) is 98.9 cm³/mol. The summed E-state index contributed by atoms with van der Waals surface area (Å²) in [7, 11) is 0. The van der Waals surface area contributed by atoms with Gasteiger partial charge in [-0.3, -0.25) is 4.79 Å². The number of hydrogen-bond acceptors (Lipinski definition) is 5. The highest BCUT2D eigenvalue weighted by Crippen LogP contribution is 2.47. The molecule has 0 amide bonds. The van der Waals surface area contributed by atoms with E-state index < -0.39 is 0 Å². The molecule has 1 saturated carbocycles. The van der Waals surface area contributed by atoms with Crippen LogP contribution in [-0.2, 0) is 19.7 Å². The highest BCUT2D eigenvalue weighted by molar-refractivity contribution is 8.22. The summed E-state index contributed by atoms with van der Waals surface area (Å²) in [6.07, 6.45) is 3.26. The van der Waals surface area contributed by atoms with Crippen molar-refractivity contribution in [1.29, 1.82) is 0 Å². The molecule has 1 aliphatic rings. The van der Waals surface area contributed by atoms with Crippen LogP contribution in [0.15, 0.2) is 24.3 Å². The lowest BCUT2D eigenvalue weighted by Crippen LogP contribution is -2.34. The minimum Gasteiger partial charge on any atom is -0.475 e. The molecule has 0 aromatic heterocycles. The Hall–Kier alpha value is -1.07. The van der Waals surface area contributed by atoms with Crippen LogP contribution in [0.2, 0.25) is 0 Å². The number of hydrogen-bond donors (Lipinski definition) is 0. The first kappa shape index (κ1) is 18.3. The Morgan fingerprint density at radius 1 is 1.39 bits per heavy atom. The summed E-state index contributed by atoms with van der Waals surface area (Å²) in [5.74, 6) is -0.350. The Bertz CT molecular complexity index is 570. The van der Waals surface area contributed by atoms with Crippen molar-refractivity contribution in [3.63, 3.8) is 0 Å². The summed E-state index contributed by atoms with van der Waals surface area (Å²) in [5, 5.41) is 0. The topological polar surface area (TPSA) is 35.5 Å². The molecule has 5 heteroatoms. The molecule has 1 aromatic rings. The van der Waals surface area contributed by atoms with Crippen molar-refractivity contribution in [3.05, 3.63) is 35.4 Å². The zero-order valence-corrected chi connectivity index (χ0v) is 15.8. The predicted octanol–water partition coefficient (Wildman–Crippen LogP) is 4.26. The van der Waals surface area contributed by atoms with Crippen molar-refractivity contribution < 1.29 is 14.3 Å². The van der Waals surface area contributed by atoms with Crippen molar-refractivity contribution in [1.82, 2.24) is 0 Å². The van der Waals surface area contributed by atoms with Gasteiger partial charge in [0.15, 0.2) is 0 Å². The second-order valence-corrected chi connectivity index (χ2v) is 7.63. The minimum atomic E-state index is -0.293. The van der Waals surface area contributed by atoms with Gasteiger partial charge in [0.1, 0.15) is 6.10 Å². The number of aryl methyl sites for hydroxylation is 1. The maximum Gasteiger partial charge on any atom is 0.309 e. The largest absolute Gasteiger partial charge is 0.475 e. The normalized spacial score (nSPS) is 26.8. The third-order valence-corrected chi connectivity index (χ3v) is 5.66. The Morgan fingerprint density at radius 3 is 2.61 bits per heavy atom. The molecule has 126 valence electrons. The molecule has 0 saturated heterocycles. The van der Waals surface area contributed by atoms with E-state index in [2.05, 4.69) is 38.1 Å². The van der Waals surface area contributed by atoms with Crippen LogP contribution in [0.1, 0.15) is 37.8 Å². The summed E-state index contributed by atoms with van der Waals surface area (Å²) in [6.45, 7) is 6.43. The monoisotopic (exact) mass is 352 g/mol. The van der Waals surface area contributed by atoms with Crippen LogP contribution in [0, 0.1) is 12.8 Å². The van der Waals surface area contributed by atoms with E-state index >= 15 is 0 Å². The number of thiocarbonyl (C=S) groups is 1. The first-order chi connectivity index (χ1) is 10.9. The Labute approximate surface area is 148 Å². The van der Waals surface area contributed by atoms with Crippen LogP contribution < -0.4 is 0 Å². The molecule has 0 unspecified atom stereocenters. The standard InChI is InChI=1S/C18H24O3S2/c1-5-20-16(19)15-10-14(21-17(22)23-4)11-18(15,3)13-8-6-12(2)7-9-13/h6-9,14-15H,5,10-11H2,1-4H3/t14-,15-,18-/m0/s1. The summed E-state index contributed by atoms with van der Waals surface area (Å²) in [5.41, 5.74) is 2.07. The number of carbonyl (C=O) groups excluding carboxylic acids is 1. The number of esters is 1. The van der Waals surface area contributed by atoms with Gasteiger partial charge in [-0.25, -0.2) is 0 Å². The van der Waals surface area contributed by atoms with E-state index in [0.29, 0.717) is 17.4 Å². The number of carbonyl (C=O) groups is 1. The van der Waals surface area contributed by atoms with E-state index in [0.717, 1.165) is 12.0 Å². The molecule has 0 radical (unpaired) electrons. The van der Waals surface area contributed by atoms with Gasteiger partial charge in [0, 0.05) is 5.41 Å². The number of thioether (sulfide) groups is 1. The fourth-order valence-electron chi connectivity index (χ4n) is 3.35. The Balaban J connectivity index is 2.29. The lowest BCUT2D eigenvalue weighted by molar-refractivity contribution is -0.149. The third-order valence-electron chi connectivity index (χ3n) is 4.63. The van der Waals surface area contributed by atoms with Gasteiger partial charge in [-0.2, -0.15) is 0 Å². The van der Waals surface area contributed by atoms with E-state index in [1.807, 2.05) is 13.2 Å². The van der Waals surface area contributed by atoms with Gasteiger partial charge >= 0.3 is 5.97 Å². The van der Waals surface area contributed by atoms with Crippen LogP contribution in [-0.4, -0.2) is 29.3 Å². The number of benzene rings is 1. The Kier molecular flexibility index (Phi) is 6.09. The van der Waals surface area contributed by atoms with Crippen molar-refractivity contribution in [2.24, 2.45) is 5.92 Å². The fourth-order valence-corrected chi connectivity index (χ4v) is 3.72. The molecular formula is C18H24O3S2. The van der Waals surface area contributed by atoms with Crippen molar-refractivity contribution >= 4 is 34.3 Å². The van der Waals surface area contributed by atoms with Gasteiger partial charge in [-0.05, 0) is 50.7 Å². The summed E-state index contributed by atoms with van der Waals surface area (Å²) < 4.78 is 11.7. The second-order valence-electron chi connectivity index (χ2n) is 6.22. The van der Waals surface area contributed by atoms with Crippen LogP contribution in [0.25, 0.3) is 0 Å². The average molecular weight is 353 g/mol. The quantitative estimate of drug-likeness (QED) is 0.598. The number of ether oxygens (including phenoxy) is 2. The molecule has 1 aromatic carbocycles. The third kappa shape index (κ3) is 4.07. The molecule has 2 rings (SSSR count). The van der Waals surface area contributed by atoms with Gasteiger partial charge in [0.2, 0.25) is 4.38 Å². The van der Waals surface area contributed by atoms with Gasteiger partial charge in [-0.15, -0.1) is 0 Å². The molecule has 3 nitrogen and oxygen atoms in total. The molecular weight excluding hydrogens is 328 g/mol. The highest BCUT2D eigenvalue weighted by Gasteiger charge is 2.50. The molecule has 0 N–H and O–H groups in total. The molecule has 0 bridgehead atoms. The zero-order valence-electron chi connectivity index (χ0n) is 14.1. The SMILES string of the molecule is CCOC(=O)[C@@H]1C[C@H](OC(=S)SC)C[C@@]1(C)c1ccc(C)cc1. The molecule has 23 heavy (non-hydrogen) atoms. The molecule has 0 spiro atoms. The van der Waals surface area contributed by atoms with E-state index in [4.69, 9.17) is 21.7 Å². The van der Waals surface area contributed by atoms with Gasteiger partial charge in [0.25, 0.3) is 0 Å². The smallest absolute Gasteiger partial charge is 0.309 e. The highest BCUT2D eigenvalue weighted by atomic mass is 32.2. The summed E-state index contributed by atoms with van der Waals surface area (Å²) in [6, 6.07) is 8.39. The maximum atomic E-state index is 12.5. The van der Waals surface area contributed by atoms with Gasteiger partial charge in [-0.1, -0.05) is 48.5 Å². The molecule has 3 atom stereocenters. The van der Waals surface area contributed by atoms with E-state index in [9.17, 15) is 4.79 Å². The van der Waals surface area contributed by atoms with E-state index in [1.165, 1.54) is 17.3 Å². The Morgan fingerprint density at radius 2 is 2.04 bits per heavy atom. The first-order valence-corrected chi connectivity index (χ1v) is 9.52. The fraction of sp³-hybridized carbons (Fsp3) is 0.556. The molecule has 0 heterocycles. The van der Waals surface area contributed by atoms with E-state index in [1.54, 1.807) is 0 Å². The average Bonchev–Trinajstić information content (AvgIpc) is 2.85. The van der Waals surface area contributed by atoms with Crippen molar-refractivity contribution in [2.45, 2.75) is 45.1 Å². The van der Waals surface area contributed by atoms with Crippen molar-refractivity contribution in [2.75, 3.05) is 12.9 Å². The lowest BCUT2D eigenvalue weighted by Gasteiger charge is -2.30. The molecule has 0 aliphatic heterocycles. The van der Waals surface area contributed by atoms with Crippen LogP contribution in [0.3, 0.4) is 0 Å². The van der Waals surface area contributed by atoms with Gasteiger partial charge < -0.3 is 9.47 Å². The first-order valence-electron chi connectivity index (χ1n) is 7.89. The van der Waals surface area contributed by atoms with Gasteiger partial charge in [0.05, 0.1) is 12.5 Å². The minimum absolute atomic E-state index is 0.0457. The summed E-state index contributed by atoms with van der Waals surface area (Å²) in [4.78, 5) is 12.5. The lowest BCUT2D eigenvalue weighted by atomic mass is 9.74. The van der Waals surface area contributed by atoms with Crippen LogP contribution in [0.4, 0.5) is 0 Å². The van der Waals surface area contributed by atoms with Crippen molar-refractivity contribution in [3.8, 4) is 0 Å². The van der Waals surface area contributed by atoms with E-state index in [-0.39, 0.29) is 23.4 Å². The molecule has 1 aliphatic carbocycles. The summed E-state index contributed by atoms with van der Waals surface area (Å²) >= 11 is 6.60. The second kappa shape index (κ2) is 7.67. The maximum absolute atomic E-state index is 12.5. The van der Waals surface area contributed by atoms with Crippen LogP contribution >= 0.6 is 24.0 Å². The molecule has 1 fully saturated rings. The zero-order chi connectivity index (χ0) is 17.0. The van der Waals surface area contributed by atoms with Crippen LogP contribution in [0.5, 0.6) is 0 Å².